The molecule has 4 rings (SSSR count). The Bertz CT molecular complexity index is 1480. The molecule has 1 amide bonds. The molecule has 0 saturated carbocycles. The maximum atomic E-state index is 11.8. The summed E-state index contributed by atoms with van der Waals surface area (Å²) >= 11 is 0. The lowest BCUT2D eigenvalue weighted by Gasteiger charge is -2.14. The third kappa shape index (κ3) is 8.11. The van der Waals surface area contributed by atoms with E-state index in [1.165, 1.54) is 0 Å². The summed E-state index contributed by atoms with van der Waals surface area (Å²) in [7, 11) is 1.66. The van der Waals surface area contributed by atoms with Gasteiger partial charge in [0.1, 0.15) is 18.1 Å². The van der Waals surface area contributed by atoms with E-state index in [4.69, 9.17) is 24.4 Å². The first-order chi connectivity index (χ1) is 19.9. The summed E-state index contributed by atoms with van der Waals surface area (Å²) in [5, 5.41) is 16.6. The Hall–Kier alpha value is -4.79. The number of carboxylic acids is 1. The minimum atomic E-state index is -0.878. The molecule has 9 nitrogen and oxygen atoms in total. The van der Waals surface area contributed by atoms with Crippen LogP contribution in [0.4, 0.5) is 4.79 Å². The minimum Gasteiger partial charge on any atom is -0.497 e. The second-order valence-electron chi connectivity index (χ2n) is 9.45. The maximum Gasteiger partial charge on any atom is 0.407 e. The van der Waals surface area contributed by atoms with Gasteiger partial charge in [0, 0.05) is 24.2 Å². The Morgan fingerprint density at radius 1 is 0.927 bits per heavy atom. The van der Waals surface area contributed by atoms with Gasteiger partial charge in [-0.2, -0.15) is 5.10 Å². The Morgan fingerprint density at radius 3 is 2.44 bits per heavy atom. The first-order valence-electron chi connectivity index (χ1n) is 13.5. The van der Waals surface area contributed by atoms with Gasteiger partial charge in [0.25, 0.3) is 0 Å². The zero-order valence-corrected chi connectivity index (χ0v) is 23.6. The Balaban J connectivity index is 1.39. The van der Waals surface area contributed by atoms with Crippen LogP contribution in [0.25, 0.3) is 22.4 Å². The zero-order valence-electron chi connectivity index (χ0n) is 23.6. The van der Waals surface area contributed by atoms with Gasteiger partial charge < -0.3 is 24.6 Å². The van der Waals surface area contributed by atoms with Crippen LogP contribution in [-0.2, 0) is 29.0 Å². The van der Waals surface area contributed by atoms with E-state index in [1.807, 2.05) is 48.0 Å². The molecule has 0 radical (unpaired) electrons. The van der Waals surface area contributed by atoms with E-state index in [-0.39, 0.29) is 19.6 Å². The highest BCUT2D eigenvalue weighted by Crippen LogP contribution is 2.27. The van der Waals surface area contributed by atoms with Gasteiger partial charge in [-0.05, 0) is 72.9 Å². The van der Waals surface area contributed by atoms with Gasteiger partial charge >= 0.3 is 12.1 Å². The molecule has 2 N–H and O–H groups in total. The highest BCUT2D eigenvalue weighted by atomic mass is 16.5. The van der Waals surface area contributed by atoms with E-state index in [0.717, 1.165) is 45.0 Å². The minimum absolute atomic E-state index is 0.00273. The van der Waals surface area contributed by atoms with E-state index in [1.54, 1.807) is 14.0 Å². The van der Waals surface area contributed by atoms with Crippen LogP contribution in [0.15, 0.2) is 72.8 Å². The van der Waals surface area contributed by atoms with Crippen LogP contribution in [-0.4, -0.2) is 47.3 Å². The van der Waals surface area contributed by atoms with Crippen molar-refractivity contribution in [3.05, 3.63) is 89.6 Å². The summed E-state index contributed by atoms with van der Waals surface area (Å²) in [5.41, 5.74) is 6.73. The number of alkyl carbamates (subject to hydrolysis) is 1. The number of rotatable bonds is 13. The van der Waals surface area contributed by atoms with Crippen molar-refractivity contribution < 1.29 is 28.9 Å². The number of hydrogen-bond acceptors (Lipinski definition) is 6. The van der Waals surface area contributed by atoms with Crippen LogP contribution in [0.1, 0.15) is 30.2 Å². The molecule has 0 fully saturated rings. The average Bonchev–Trinajstić information content (AvgIpc) is 3.35. The number of aryl methyl sites for hydroxylation is 2. The van der Waals surface area contributed by atoms with Crippen molar-refractivity contribution in [1.29, 1.82) is 0 Å². The molecular formula is C32H35N3O6. The van der Waals surface area contributed by atoms with Crippen molar-refractivity contribution in [1.82, 2.24) is 15.1 Å². The fourth-order valence-electron chi connectivity index (χ4n) is 4.46. The Kier molecular flexibility index (Phi) is 9.99. The third-order valence-electron chi connectivity index (χ3n) is 6.62. The highest BCUT2D eigenvalue weighted by Gasteiger charge is 2.11. The molecule has 41 heavy (non-hydrogen) atoms. The van der Waals surface area contributed by atoms with Crippen molar-refractivity contribution >= 4 is 12.1 Å². The summed E-state index contributed by atoms with van der Waals surface area (Å²) < 4.78 is 18.2. The molecule has 4 aromatic rings. The summed E-state index contributed by atoms with van der Waals surface area (Å²) in [6.45, 7) is 5.15. The molecule has 0 aliphatic rings. The summed E-state index contributed by atoms with van der Waals surface area (Å²) in [6.07, 6.45) is -0.175. The van der Waals surface area contributed by atoms with Gasteiger partial charge in [0.2, 0.25) is 0 Å². The third-order valence-corrected chi connectivity index (χ3v) is 6.62. The Morgan fingerprint density at radius 2 is 1.71 bits per heavy atom. The van der Waals surface area contributed by atoms with Crippen LogP contribution in [0.3, 0.4) is 0 Å². The van der Waals surface area contributed by atoms with E-state index in [9.17, 15) is 9.59 Å². The Labute approximate surface area is 239 Å². The molecule has 3 aromatic carbocycles. The average molecular weight is 558 g/mol. The first kappa shape index (κ1) is 29.2. The number of carbonyl (C=O) groups is 2. The lowest BCUT2D eigenvalue weighted by molar-refractivity contribution is -0.136. The quantitative estimate of drug-likeness (QED) is 0.211. The van der Waals surface area contributed by atoms with E-state index in [0.29, 0.717) is 25.3 Å². The standard InChI is InChI=1S/C32H35N3O6/c1-4-40-32(38)33-21-27-20-29(14-12-24(27)13-15-31(36)37)41-17-16-35-22(2)18-30(34-35)25-10-8-23(9-11-25)26-6-5-7-28(19-26)39-3/h5-12,14,18-20H,4,13,15-17,21H2,1-3H3,(H,33,38)(H,36,37). The molecule has 0 aliphatic heterocycles. The van der Waals surface area contributed by atoms with E-state index < -0.39 is 12.1 Å². The number of hydrogen-bond donors (Lipinski definition) is 2. The molecular weight excluding hydrogens is 522 g/mol. The van der Waals surface area contributed by atoms with Gasteiger partial charge in [-0.25, -0.2) is 4.79 Å². The maximum absolute atomic E-state index is 11.8. The lowest BCUT2D eigenvalue weighted by atomic mass is 10.0. The fraction of sp³-hybridized carbons (Fsp3) is 0.281. The second kappa shape index (κ2) is 14.0. The van der Waals surface area contributed by atoms with Crippen molar-refractivity contribution in [2.45, 2.75) is 39.8 Å². The summed E-state index contributed by atoms with van der Waals surface area (Å²) in [4.78, 5) is 22.8. The molecule has 214 valence electrons. The molecule has 0 spiro atoms. The van der Waals surface area contributed by atoms with Crippen LogP contribution < -0.4 is 14.8 Å². The van der Waals surface area contributed by atoms with Crippen molar-refractivity contribution in [2.75, 3.05) is 20.3 Å². The number of benzene rings is 3. The monoisotopic (exact) mass is 557 g/mol. The number of amides is 1. The van der Waals surface area contributed by atoms with Crippen LogP contribution in [0.2, 0.25) is 0 Å². The molecule has 1 aromatic heterocycles. The molecule has 9 heteroatoms. The number of methoxy groups -OCH3 is 1. The normalized spacial score (nSPS) is 10.7. The lowest BCUT2D eigenvalue weighted by Crippen LogP contribution is -2.24. The zero-order chi connectivity index (χ0) is 29.2. The van der Waals surface area contributed by atoms with Crippen LogP contribution in [0, 0.1) is 6.92 Å². The predicted octanol–water partition coefficient (Wildman–Crippen LogP) is 5.88. The number of nitrogens with zero attached hydrogens (tertiary/aromatic N) is 2. The van der Waals surface area contributed by atoms with Crippen molar-refractivity contribution in [3.8, 4) is 33.9 Å². The molecule has 0 atom stereocenters. The van der Waals surface area contributed by atoms with Crippen molar-refractivity contribution in [3.63, 3.8) is 0 Å². The SMILES string of the molecule is CCOC(=O)NCc1cc(OCCn2nc(-c3ccc(-c4cccc(OC)c4)cc3)cc2C)ccc1CCC(=O)O. The number of nitrogens with one attached hydrogen (secondary N) is 1. The van der Waals surface area contributed by atoms with Gasteiger partial charge in [-0.3, -0.25) is 9.48 Å². The first-order valence-corrected chi connectivity index (χ1v) is 13.5. The summed E-state index contributed by atoms with van der Waals surface area (Å²) in [6, 6.07) is 23.8. The van der Waals surface area contributed by atoms with E-state index in [2.05, 4.69) is 41.7 Å². The van der Waals surface area contributed by atoms with Gasteiger partial charge in [0.15, 0.2) is 0 Å². The smallest absolute Gasteiger partial charge is 0.407 e. The number of ether oxygens (including phenoxy) is 3. The van der Waals surface area contributed by atoms with Gasteiger partial charge in [-0.15, -0.1) is 0 Å². The molecule has 0 saturated heterocycles. The number of carbonyl (C=O) groups excluding carboxylic acids is 1. The molecule has 0 unspecified atom stereocenters. The highest BCUT2D eigenvalue weighted by molar-refractivity contribution is 5.70. The molecule has 1 heterocycles. The second-order valence-corrected chi connectivity index (χ2v) is 9.45. The largest absolute Gasteiger partial charge is 0.497 e. The van der Waals surface area contributed by atoms with Crippen LogP contribution in [0.5, 0.6) is 11.5 Å². The number of carboxylic acid groups (broad SMARTS) is 1. The molecule has 0 aliphatic carbocycles. The topological polar surface area (TPSA) is 112 Å². The summed E-state index contributed by atoms with van der Waals surface area (Å²) in [5.74, 6) is 0.571. The van der Waals surface area contributed by atoms with E-state index >= 15 is 0 Å². The van der Waals surface area contributed by atoms with Crippen molar-refractivity contribution in [2.24, 2.45) is 0 Å². The van der Waals surface area contributed by atoms with Gasteiger partial charge in [0.05, 0.1) is 26.0 Å². The van der Waals surface area contributed by atoms with Gasteiger partial charge in [-0.1, -0.05) is 42.5 Å². The molecule has 0 bridgehead atoms. The fourth-order valence-corrected chi connectivity index (χ4v) is 4.46. The predicted molar refractivity (Wildman–Crippen MR) is 156 cm³/mol. The number of aromatic nitrogens is 2. The number of aliphatic carboxylic acids is 1. The van der Waals surface area contributed by atoms with Crippen LogP contribution >= 0.6 is 0 Å².